The quantitative estimate of drug-likeness (QED) is 0.214. The molecule has 0 fully saturated rings. The molecule has 5 heteroatoms. The first kappa shape index (κ1) is 16.4. The molecule has 0 bridgehead atoms. The van der Waals surface area contributed by atoms with Gasteiger partial charge in [-0.1, -0.05) is 52.5 Å². The summed E-state index contributed by atoms with van der Waals surface area (Å²) in [5.41, 5.74) is 0. The Morgan fingerprint density at radius 2 is 1.65 bits per heavy atom. The van der Waals surface area contributed by atoms with Crippen LogP contribution in [0.15, 0.2) is 12.8 Å². The summed E-state index contributed by atoms with van der Waals surface area (Å²) < 4.78 is 0. The minimum absolute atomic E-state index is 0.474. The van der Waals surface area contributed by atoms with Crippen molar-refractivity contribution >= 4 is 0 Å². The number of unbranched alkanes of at least 4 members (excludes halogenated alkanes) is 4. The molecule has 17 heavy (non-hydrogen) atoms. The van der Waals surface area contributed by atoms with Crippen LogP contribution in [0.4, 0.5) is 0 Å². The Balaban J connectivity index is 2.91. The van der Waals surface area contributed by atoms with Crippen molar-refractivity contribution in [2.75, 3.05) is 6.61 Å². The molecule has 0 aromatic carbocycles. The van der Waals surface area contributed by atoms with Crippen molar-refractivity contribution in [1.82, 2.24) is 0 Å². The van der Waals surface area contributed by atoms with Gasteiger partial charge in [0.05, 0.1) is 6.61 Å². The van der Waals surface area contributed by atoms with Crippen molar-refractivity contribution in [2.45, 2.75) is 52.4 Å². The van der Waals surface area contributed by atoms with Gasteiger partial charge in [0.15, 0.2) is 0 Å². The zero-order valence-electron chi connectivity index (χ0n) is 10.9. The van der Waals surface area contributed by atoms with E-state index in [1.807, 2.05) is 0 Å². The highest BCUT2D eigenvalue weighted by molar-refractivity contribution is 4.47. The first-order valence-corrected chi connectivity index (χ1v) is 6.16. The molecule has 0 aromatic heterocycles. The van der Waals surface area contributed by atoms with E-state index in [9.17, 15) is 0 Å². The van der Waals surface area contributed by atoms with Crippen LogP contribution >= 0.6 is 0 Å². The van der Waals surface area contributed by atoms with Gasteiger partial charge in [-0.05, 0) is 17.4 Å². The molecule has 0 amide bonds. The van der Waals surface area contributed by atoms with Crippen LogP contribution in [0.2, 0.25) is 0 Å². The summed E-state index contributed by atoms with van der Waals surface area (Å²) >= 11 is 0. The molecule has 0 aromatic rings. The Morgan fingerprint density at radius 3 is 2.35 bits per heavy atom. The van der Waals surface area contributed by atoms with Gasteiger partial charge in [0.1, 0.15) is 6.26 Å². The molecule has 0 aliphatic rings. The van der Waals surface area contributed by atoms with E-state index in [0.717, 1.165) is 25.0 Å². The minimum Gasteiger partial charge on any atom is -0.315 e. The summed E-state index contributed by atoms with van der Waals surface area (Å²) in [5.74, 6) is 0.807. The highest BCUT2D eigenvalue weighted by Crippen LogP contribution is 2.10. The molecule has 102 valence electrons. The van der Waals surface area contributed by atoms with E-state index in [-0.39, 0.29) is 0 Å². The number of rotatable bonds is 13. The molecule has 0 rings (SSSR count). The fourth-order valence-corrected chi connectivity index (χ4v) is 1.35. The van der Waals surface area contributed by atoms with Crippen molar-refractivity contribution in [2.24, 2.45) is 5.92 Å². The van der Waals surface area contributed by atoms with Gasteiger partial charge < -0.3 is 4.89 Å². The van der Waals surface area contributed by atoms with Gasteiger partial charge in [0.2, 0.25) is 0 Å². The average molecular weight is 248 g/mol. The van der Waals surface area contributed by atoms with Gasteiger partial charge in [-0.25, -0.2) is 4.89 Å². The lowest BCUT2D eigenvalue weighted by Crippen LogP contribution is -1.99. The molecule has 0 atom stereocenters. The van der Waals surface area contributed by atoms with Crippen LogP contribution in [-0.2, 0) is 24.9 Å². The van der Waals surface area contributed by atoms with Gasteiger partial charge in [0.25, 0.3) is 0 Å². The number of hydrogen-bond acceptors (Lipinski definition) is 5. The van der Waals surface area contributed by atoms with Crippen LogP contribution in [0.3, 0.4) is 0 Å². The summed E-state index contributed by atoms with van der Waals surface area (Å²) in [7, 11) is 0. The fraction of sp³-hybridized carbons (Fsp3) is 0.833. The Hall–Kier alpha value is -0.620. The minimum atomic E-state index is 0.474. The molecule has 0 heterocycles. The molecular formula is C12H24O5. The van der Waals surface area contributed by atoms with E-state index in [4.69, 9.17) is 0 Å². The van der Waals surface area contributed by atoms with E-state index < -0.39 is 0 Å². The Labute approximate surface area is 103 Å². The molecule has 0 saturated carbocycles. The van der Waals surface area contributed by atoms with Crippen molar-refractivity contribution in [1.29, 1.82) is 0 Å². The predicted octanol–water partition coefficient (Wildman–Crippen LogP) is 3.87. The zero-order chi connectivity index (χ0) is 12.8. The van der Waals surface area contributed by atoms with Gasteiger partial charge in [-0.3, -0.25) is 0 Å². The summed E-state index contributed by atoms with van der Waals surface area (Å²) in [6.45, 7) is 8.21. The third-order valence-electron chi connectivity index (χ3n) is 2.22. The second-order valence-corrected chi connectivity index (χ2v) is 4.24. The van der Waals surface area contributed by atoms with E-state index in [0.29, 0.717) is 6.61 Å². The summed E-state index contributed by atoms with van der Waals surface area (Å²) in [4.78, 5) is 8.82. The monoisotopic (exact) mass is 248 g/mol. The molecule has 0 spiro atoms. The lowest BCUT2D eigenvalue weighted by molar-refractivity contribution is -0.700. The molecule has 0 aliphatic heterocycles. The molecule has 0 aliphatic carbocycles. The highest BCUT2D eigenvalue weighted by atomic mass is 17.8. The molecule has 0 radical (unpaired) electrons. The Kier molecular flexibility index (Phi) is 13.0. The van der Waals surface area contributed by atoms with Crippen LogP contribution in [0.25, 0.3) is 0 Å². The Morgan fingerprint density at radius 1 is 0.941 bits per heavy atom. The van der Waals surface area contributed by atoms with Crippen molar-refractivity contribution < 1.29 is 24.9 Å². The number of hydrogen-bond donors (Lipinski definition) is 0. The molecule has 0 saturated heterocycles. The second-order valence-electron chi connectivity index (χ2n) is 4.24. The van der Waals surface area contributed by atoms with Gasteiger partial charge in [-0.2, -0.15) is 0 Å². The largest absolute Gasteiger partial charge is 0.315 e. The third kappa shape index (κ3) is 15.4. The third-order valence-corrected chi connectivity index (χ3v) is 2.22. The second kappa shape index (κ2) is 13.4. The van der Waals surface area contributed by atoms with Gasteiger partial charge in [0, 0.05) is 10.1 Å². The van der Waals surface area contributed by atoms with Gasteiger partial charge >= 0.3 is 0 Å². The lowest BCUT2D eigenvalue weighted by Gasteiger charge is -2.04. The van der Waals surface area contributed by atoms with Gasteiger partial charge in [-0.15, -0.1) is 0 Å². The molecule has 0 N–H and O–H groups in total. The fourth-order valence-electron chi connectivity index (χ4n) is 1.35. The van der Waals surface area contributed by atoms with E-state index in [2.05, 4.69) is 45.3 Å². The predicted molar refractivity (Wildman–Crippen MR) is 63.0 cm³/mol. The first-order chi connectivity index (χ1) is 8.27. The van der Waals surface area contributed by atoms with E-state index >= 15 is 0 Å². The van der Waals surface area contributed by atoms with Crippen LogP contribution < -0.4 is 0 Å². The molecular weight excluding hydrogens is 224 g/mol. The van der Waals surface area contributed by atoms with E-state index in [1.54, 1.807) is 0 Å². The summed E-state index contributed by atoms with van der Waals surface area (Å²) in [6, 6.07) is 0. The van der Waals surface area contributed by atoms with Crippen LogP contribution in [0.1, 0.15) is 52.4 Å². The maximum absolute atomic E-state index is 4.66. The average Bonchev–Trinajstić information content (AvgIpc) is 2.30. The zero-order valence-corrected chi connectivity index (χ0v) is 10.9. The highest BCUT2D eigenvalue weighted by Gasteiger charge is 1.95. The van der Waals surface area contributed by atoms with Crippen molar-refractivity contribution in [3.05, 3.63) is 12.8 Å². The van der Waals surface area contributed by atoms with Crippen molar-refractivity contribution in [3.63, 3.8) is 0 Å². The first-order valence-electron chi connectivity index (χ1n) is 6.16. The van der Waals surface area contributed by atoms with E-state index in [1.165, 1.54) is 25.7 Å². The maximum Gasteiger partial charge on any atom is 0.125 e. The van der Waals surface area contributed by atoms with Crippen LogP contribution in [0, 0.1) is 5.92 Å². The SMILES string of the molecule is C=COOOOOCCCCCCCC(C)C. The molecule has 5 nitrogen and oxygen atoms in total. The standard InChI is InChI=1S/C12H24O5/c1-4-13-15-17-16-14-11-9-7-5-6-8-10-12(2)3/h4,12H,1,5-11H2,2-3H3. The maximum atomic E-state index is 4.66. The topological polar surface area (TPSA) is 46.2 Å². The molecule has 0 unspecified atom stereocenters. The Bertz CT molecular complexity index is 161. The van der Waals surface area contributed by atoms with Crippen molar-refractivity contribution in [3.8, 4) is 0 Å². The lowest BCUT2D eigenvalue weighted by atomic mass is 10.0. The normalized spacial score (nSPS) is 10.8. The smallest absolute Gasteiger partial charge is 0.125 e. The van der Waals surface area contributed by atoms with Crippen LogP contribution in [-0.4, -0.2) is 6.61 Å². The summed E-state index contributed by atoms with van der Waals surface area (Å²) in [6.07, 6.45) is 8.26. The van der Waals surface area contributed by atoms with Crippen LogP contribution in [0.5, 0.6) is 0 Å². The summed E-state index contributed by atoms with van der Waals surface area (Å²) in [5, 5.41) is 12.2.